The molecule has 2 atom stereocenters. The molecule has 1 heterocycles. The van der Waals surface area contributed by atoms with Crippen LogP contribution in [0.3, 0.4) is 0 Å². The van der Waals surface area contributed by atoms with Crippen molar-refractivity contribution in [2.24, 2.45) is 11.7 Å². The van der Waals surface area contributed by atoms with Gasteiger partial charge >= 0.3 is 6.09 Å². The molecule has 0 spiro atoms. The molecule has 98 valence electrons. The molecular weight excluding hydrogens is 228 g/mol. The molecule has 1 saturated heterocycles. The van der Waals surface area contributed by atoms with Crippen molar-refractivity contribution >= 4 is 6.09 Å². The van der Waals surface area contributed by atoms with Gasteiger partial charge in [-0.25, -0.2) is 4.79 Å². The van der Waals surface area contributed by atoms with E-state index in [1.54, 1.807) is 0 Å². The SMILES string of the molecule is C[C@@H]1C[C@H](OC(N)=O)CN(Cc2ccccc2)C1. The van der Waals surface area contributed by atoms with Gasteiger partial charge in [-0.2, -0.15) is 0 Å². The average Bonchev–Trinajstić information content (AvgIpc) is 2.28. The normalized spacial score (nSPS) is 24.7. The molecule has 1 aliphatic rings. The third kappa shape index (κ3) is 3.74. The number of nitrogens with zero attached hydrogens (tertiary/aromatic N) is 1. The number of piperidine rings is 1. The van der Waals surface area contributed by atoms with E-state index in [-0.39, 0.29) is 6.10 Å². The highest BCUT2D eigenvalue weighted by atomic mass is 16.6. The molecule has 0 radical (unpaired) electrons. The lowest BCUT2D eigenvalue weighted by Gasteiger charge is -2.35. The van der Waals surface area contributed by atoms with Gasteiger partial charge in [0, 0.05) is 19.6 Å². The fourth-order valence-corrected chi connectivity index (χ4v) is 2.62. The van der Waals surface area contributed by atoms with Crippen molar-refractivity contribution in [3.8, 4) is 0 Å². The van der Waals surface area contributed by atoms with Crippen LogP contribution in [0, 0.1) is 5.92 Å². The number of likely N-dealkylation sites (tertiary alicyclic amines) is 1. The van der Waals surface area contributed by atoms with Gasteiger partial charge in [-0.15, -0.1) is 0 Å². The van der Waals surface area contributed by atoms with Crippen molar-refractivity contribution in [2.45, 2.75) is 26.0 Å². The maximum absolute atomic E-state index is 10.8. The van der Waals surface area contributed by atoms with E-state index in [9.17, 15) is 4.79 Å². The summed E-state index contributed by atoms with van der Waals surface area (Å²) in [5.41, 5.74) is 6.37. The fraction of sp³-hybridized carbons (Fsp3) is 0.500. The van der Waals surface area contributed by atoms with Gasteiger partial charge in [0.15, 0.2) is 0 Å². The van der Waals surface area contributed by atoms with Crippen LogP contribution in [0.15, 0.2) is 30.3 Å². The molecule has 1 aromatic carbocycles. The first kappa shape index (κ1) is 12.9. The number of hydrogen-bond donors (Lipinski definition) is 1. The number of nitrogens with two attached hydrogens (primary N) is 1. The van der Waals surface area contributed by atoms with Gasteiger partial charge in [-0.05, 0) is 17.9 Å². The smallest absolute Gasteiger partial charge is 0.404 e. The highest BCUT2D eigenvalue weighted by Gasteiger charge is 2.26. The first-order valence-corrected chi connectivity index (χ1v) is 6.36. The monoisotopic (exact) mass is 248 g/mol. The number of ether oxygens (including phenoxy) is 1. The zero-order valence-electron chi connectivity index (χ0n) is 10.7. The minimum atomic E-state index is -0.672. The Morgan fingerprint density at radius 2 is 2.11 bits per heavy atom. The molecule has 1 aromatic rings. The van der Waals surface area contributed by atoms with E-state index in [2.05, 4.69) is 24.0 Å². The largest absolute Gasteiger partial charge is 0.445 e. The quantitative estimate of drug-likeness (QED) is 0.890. The zero-order valence-corrected chi connectivity index (χ0v) is 10.7. The lowest BCUT2D eigenvalue weighted by molar-refractivity contribution is 0.0249. The van der Waals surface area contributed by atoms with Crippen LogP contribution in [-0.4, -0.2) is 30.2 Å². The Morgan fingerprint density at radius 3 is 2.78 bits per heavy atom. The average molecular weight is 248 g/mol. The maximum atomic E-state index is 10.8. The van der Waals surface area contributed by atoms with Crippen LogP contribution in [0.5, 0.6) is 0 Å². The predicted molar refractivity (Wildman–Crippen MR) is 70.0 cm³/mol. The highest BCUT2D eigenvalue weighted by molar-refractivity contribution is 5.64. The van der Waals surface area contributed by atoms with E-state index >= 15 is 0 Å². The van der Waals surface area contributed by atoms with Crippen molar-refractivity contribution in [1.29, 1.82) is 0 Å². The summed E-state index contributed by atoms with van der Waals surface area (Å²) in [4.78, 5) is 13.1. The van der Waals surface area contributed by atoms with Crippen molar-refractivity contribution < 1.29 is 9.53 Å². The summed E-state index contributed by atoms with van der Waals surface area (Å²) >= 11 is 0. The number of benzene rings is 1. The molecule has 0 unspecified atom stereocenters. The molecule has 0 bridgehead atoms. The highest BCUT2D eigenvalue weighted by Crippen LogP contribution is 2.20. The van der Waals surface area contributed by atoms with Gasteiger partial charge in [0.25, 0.3) is 0 Å². The summed E-state index contributed by atoms with van der Waals surface area (Å²) in [6.07, 6.45) is 0.151. The second kappa shape index (κ2) is 5.87. The molecule has 1 aliphatic heterocycles. The first-order valence-electron chi connectivity index (χ1n) is 6.36. The summed E-state index contributed by atoms with van der Waals surface area (Å²) in [5, 5.41) is 0. The van der Waals surface area contributed by atoms with E-state index in [1.807, 2.05) is 18.2 Å². The number of amides is 1. The zero-order chi connectivity index (χ0) is 13.0. The van der Waals surface area contributed by atoms with Crippen LogP contribution in [0.1, 0.15) is 18.9 Å². The van der Waals surface area contributed by atoms with E-state index in [4.69, 9.17) is 10.5 Å². The van der Waals surface area contributed by atoms with Gasteiger partial charge in [0.1, 0.15) is 6.10 Å². The lowest BCUT2D eigenvalue weighted by Crippen LogP contribution is -2.44. The number of primary amides is 1. The Morgan fingerprint density at radius 1 is 1.39 bits per heavy atom. The van der Waals surface area contributed by atoms with Crippen molar-refractivity contribution in [3.63, 3.8) is 0 Å². The second-order valence-corrected chi connectivity index (χ2v) is 5.08. The lowest BCUT2D eigenvalue weighted by atomic mass is 9.97. The van der Waals surface area contributed by atoms with Gasteiger partial charge in [-0.3, -0.25) is 4.90 Å². The van der Waals surface area contributed by atoms with Gasteiger partial charge in [-0.1, -0.05) is 37.3 Å². The van der Waals surface area contributed by atoms with E-state index in [1.165, 1.54) is 5.56 Å². The number of carbonyl (C=O) groups is 1. The Kier molecular flexibility index (Phi) is 4.20. The van der Waals surface area contributed by atoms with Crippen molar-refractivity contribution in [2.75, 3.05) is 13.1 Å². The van der Waals surface area contributed by atoms with Crippen LogP contribution in [0.25, 0.3) is 0 Å². The molecule has 0 aliphatic carbocycles. The number of hydrogen-bond acceptors (Lipinski definition) is 3. The summed E-state index contributed by atoms with van der Waals surface area (Å²) in [5.74, 6) is 0.520. The van der Waals surface area contributed by atoms with E-state index < -0.39 is 6.09 Å². The van der Waals surface area contributed by atoms with Crippen molar-refractivity contribution in [1.82, 2.24) is 4.90 Å². The summed E-state index contributed by atoms with van der Waals surface area (Å²) in [6, 6.07) is 10.3. The Balaban J connectivity index is 1.94. The Labute approximate surface area is 108 Å². The molecule has 2 rings (SSSR count). The molecule has 2 N–H and O–H groups in total. The van der Waals surface area contributed by atoms with Gasteiger partial charge in [0.05, 0.1) is 0 Å². The van der Waals surface area contributed by atoms with E-state index in [0.29, 0.717) is 5.92 Å². The number of carbonyl (C=O) groups excluding carboxylic acids is 1. The van der Waals surface area contributed by atoms with Crippen LogP contribution in [0.4, 0.5) is 4.79 Å². The molecule has 1 fully saturated rings. The number of rotatable bonds is 3. The van der Waals surface area contributed by atoms with Gasteiger partial charge in [0.2, 0.25) is 0 Å². The predicted octanol–water partition coefficient (Wildman–Crippen LogP) is 1.99. The van der Waals surface area contributed by atoms with Crippen LogP contribution >= 0.6 is 0 Å². The van der Waals surface area contributed by atoms with Crippen LogP contribution in [-0.2, 0) is 11.3 Å². The van der Waals surface area contributed by atoms with Crippen LogP contribution in [0.2, 0.25) is 0 Å². The minimum absolute atomic E-state index is 0.0741. The Bertz CT molecular complexity index is 394. The topological polar surface area (TPSA) is 55.6 Å². The maximum Gasteiger partial charge on any atom is 0.404 e. The standard InChI is InChI=1S/C14H20N2O2/c1-11-7-13(18-14(15)17)10-16(8-11)9-12-5-3-2-4-6-12/h2-6,11,13H,7-10H2,1H3,(H2,15,17)/t11-,13+/m1/s1. The Hall–Kier alpha value is -1.55. The summed E-state index contributed by atoms with van der Waals surface area (Å²) < 4.78 is 5.13. The molecule has 0 saturated carbocycles. The third-order valence-electron chi connectivity index (χ3n) is 3.23. The molecular formula is C14H20N2O2. The van der Waals surface area contributed by atoms with Crippen molar-refractivity contribution in [3.05, 3.63) is 35.9 Å². The molecule has 18 heavy (non-hydrogen) atoms. The fourth-order valence-electron chi connectivity index (χ4n) is 2.62. The molecule has 1 amide bonds. The summed E-state index contributed by atoms with van der Waals surface area (Å²) in [7, 11) is 0. The minimum Gasteiger partial charge on any atom is -0.445 e. The van der Waals surface area contributed by atoms with Gasteiger partial charge < -0.3 is 10.5 Å². The molecule has 4 nitrogen and oxygen atoms in total. The van der Waals surface area contributed by atoms with E-state index in [0.717, 1.165) is 26.1 Å². The van der Waals surface area contributed by atoms with Crippen LogP contribution < -0.4 is 5.73 Å². The molecule has 0 aromatic heterocycles. The second-order valence-electron chi connectivity index (χ2n) is 5.08. The first-order chi connectivity index (χ1) is 8.63. The molecule has 4 heteroatoms. The summed E-state index contributed by atoms with van der Waals surface area (Å²) in [6.45, 7) is 4.87. The third-order valence-corrected chi connectivity index (χ3v) is 3.23.